The van der Waals surface area contributed by atoms with E-state index in [1.165, 1.54) is 49.3 Å². The summed E-state index contributed by atoms with van der Waals surface area (Å²) in [6.07, 6.45) is -0.924. The number of aromatic hydroxyl groups is 1. The molecule has 0 aromatic heterocycles. The number of likely N-dealkylation sites (N-methyl/N-ethyl adjacent to an activating group) is 1. The Hall–Kier alpha value is -4.59. The number of rotatable bonds is 5. The van der Waals surface area contributed by atoms with Crippen molar-refractivity contribution in [3.05, 3.63) is 63.4 Å². The summed E-state index contributed by atoms with van der Waals surface area (Å²) in [5.41, 5.74) is 2.01. The summed E-state index contributed by atoms with van der Waals surface area (Å²) >= 11 is 5.87. The van der Waals surface area contributed by atoms with Crippen molar-refractivity contribution in [1.82, 2.24) is 4.90 Å². The average molecular weight is 627 g/mol. The molecule has 0 aliphatic heterocycles. The molecule has 4 unspecified atom stereocenters. The number of carbonyl (C=O) groups is 4. The number of Topliss-reactive ketones (excluding diaryl/α,β-unsaturated/α-hetero) is 2. The van der Waals surface area contributed by atoms with Crippen molar-refractivity contribution in [3.8, 4) is 11.5 Å². The van der Waals surface area contributed by atoms with Crippen LogP contribution in [0.25, 0.3) is 5.76 Å². The predicted molar refractivity (Wildman–Crippen MR) is 160 cm³/mol. The molecule has 2 amide bonds. The van der Waals surface area contributed by atoms with Gasteiger partial charge in [0.1, 0.15) is 22.8 Å². The van der Waals surface area contributed by atoms with Crippen LogP contribution in [-0.4, -0.2) is 88.7 Å². The lowest BCUT2D eigenvalue weighted by atomic mass is 9.57. The number of anilines is 2. The maximum atomic E-state index is 14.1. The van der Waals surface area contributed by atoms with Crippen LogP contribution < -0.4 is 20.7 Å². The zero-order valence-corrected chi connectivity index (χ0v) is 25.0. The molecule has 4 atom stereocenters. The quantitative estimate of drug-likeness (QED) is 0.210. The first-order valence-electron chi connectivity index (χ1n) is 13.5. The zero-order valence-electron chi connectivity index (χ0n) is 24.2. The Balaban J connectivity index is 1.63. The molecule has 0 heterocycles. The Bertz CT molecular complexity index is 1680. The number of aliphatic hydroxyl groups excluding tert-OH is 2. The normalized spacial score (nSPS) is 24.5. The number of nitrogens with two attached hydrogens (primary N) is 1. The fraction of sp³-hybridized carbons (Fsp3) is 0.333. The van der Waals surface area contributed by atoms with Gasteiger partial charge in [0.05, 0.1) is 17.3 Å². The van der Waals surface area contributed by atoms with Gasteiger partial charge in [-0.2, -0.15) is 0 Å². The molecule has 0 radical (unpaired) electrons. The van der Waals surface area contributed by atoms with Crippen molar-refractivity contribution in [3.63, 3.8) is 0 Å². The summed E-state index contributed by atoms with van der Waals surface area (Å²) in [5.74, 6) is -7.48. The van der Waals surface area contributed by atoms with Crippen LogP contribution in [-0.2, 0) is 20.8 Å². The molecule has 44 heavy (non-hydrogen) atoms. The Kier molecular flexibility index (Phi) is 7.60. The summed E-state index contributed by atoms with van der Waals surface area (Å²) in [6.45, 7) is 0. The predicted octanol–water partition coefficient (Wildman–Crippen LogP) is 2.29. The molecule has 3 aliphatic carbocycles. The molecule has 14 heteroatoms. The van der Waals surface area contributed by atoms with E-state index in [0.29, 0.717) is 16.3 Å². The van der Waals surface area contributed by atoms with Gasteiger partial charge < -0.3 is 35.8 Å². The van der Waals surface area contributed by atoms with Crippen molar-refractivity contribution in [2.45, 2.75) is 24.5 Å². The number of benzene rings is 2. The molecule has 5 rings (SSSR count). The lowest BCUT2D eigenvalue weighted by Gasteiger charge is -2.50. The average Bonchev–Trinajstić information content (AvgIpc) is 2.93. The van der Waals surface area contributed by atoms with E-state index >= 15 is 0 Å². The van der Waals surface area contributed by atoms with Crippen molar-refractivity contribution in [2.75, 3.05) is 38.4 Å². The molecule has 1 fully saturated rings. The second-order valence-corrected chi connectivity index (χ2v) is 11.9. The smallest absolute Gasteiger partial charge is 0.417 e. The Labute approximate surface area is 256 Å². The molecule has 2 aromatic rings. The zero-order chi connectivity index (χ0) is 32.4. The van der Waals surface area contributed by atoms with Crippen LogP contribution in [0.4, 0.5) is 16.2 Å². The van der Waals surface area contributed by atoms with Gasteiger partial charge in [-0.3, -0.25) is 24.6 Å². The third-order valence-corrected chi connectivity index (χ3v) is 8.69. The van der Waals surface area contributed by atoms with E-state index in [1.807, 2.05) is 0 Å². The number of hydrogen-bond donors (Lipinski definition) is 6. The summed E-state index contributed by atoms with van der Waals surface area (Å²) in [5, 5.41) is 48.5. The molecule has 232 valence electrons. The third kappa shape index (κ3) is 4.64. The number of ketones is 2. The van der Waals surface area contributed by atoms with Crippen molar-refractivity contribution < 1.29 is 44.3 Å². The molecule has 1 saturated carbocycles. The maximum Gasteiger partial charge on any atom is 0.417 e. The van der Waals surface area contributed by atoms with E-state index in [0.717, 1.165) is 0 Å². The number of carbonyl (C=O) groups excluding carboxylic acids is 4. The van der Waals surface area contributed by atoms with Crippen molar-refractivity contribution >= 4 is 52.3 Å². The molecule has 0 saturated heterocycles. The highest BCUT2D eigenvalue weighted by molar-refractivity contribution is 6.30. The number of fused-ring (bicyclic) bond motifs is 3. The minimum absolute atomic E-state index is 0.0488. The van der Waals surface area contributed by atoms with Gasteiger partial charge in [-0.05, 0) is 68.8 Å². The van der Waals surface area contributed by atoms with Gasteiger partial charge in [-0.1, -0.05) is 11.6 Å². The van der Waals surface area contributed by atoms with Gasteiger partial charge in [-0.15, -0.1) is 0 Å². The monoisotopic (exact) mass is 626 g/mol. The SMILES string of the molecule is CN(C)c1cc(NC(=O)Oc2ccc(Cl)cc2)c(O)c2c1CC1CC3C(N(C)C)C(=O)C(C(N)=O)=C(O)C3(O)C(=O)C1=C2O. The van der Waals surface area contributed by atoms with Gasteiger partial charge in [0.15, 0.2) is 17.1 Å². The highest BCUT2D eigenvalue weighted by Gasteiger charge is 2.64. The topological polar surface area (TPSA) is 203 Å². The van der Waals surface area contributed by atoms with Crippen LogP contribution in [0.15, 0.2) is 47.2 Å². The Morgan fingerprint density at radius 2 is 1.73 bits per heavy atom. The van der Waals surface area contributed by atoms with Crippen LogP contribution in [0, 0.1) is 11.8 Å². The first kappa shape index (κ1) is 30.9. The number of halogens is 1. The van der Waals surface area contributed by atoms with E-state index in [2.05, 4.69) is 5.32 Å². The number of amides is 2. The summed E-state index contributed by atoms with van der Waals surface area (Å²) in [7, 11) is 6.48. The molecule has 3 aliphatic rings. The first-order valence-corrected chi connectivity index (χ1v) is 13.9. The lowest BCUT2D eigenvalue weighted by molar-refractivity contribution is -0.153. The van der Waals surface area contributed by atoms with Crippen molar-refractivity contribution in [2.24, 2.45) is 17.6 Å². The number of primary amides is 1. The standard InChI is InChI=1S/C30H31ClN4O9/c1-34(2)18-11-17(33-29(42)44-14-7-5-13(31)6-8-14)23(36)20-15(18)9-12-10-16-22(35(3)4)25(38)21(28(32)41)27(40)30(16,43)26(39)19(12)24(20)37/h5-8,11-12,16,22,36-37,40,43H,9-10H2,1-4H3,(H2,32,41)(H,33,42). The van der Waals surface area contributed by atoms with Crippen molar-refractivity contribution in [1.29, 1.82) is 0 Å². The highest BCUT2D eigenvalue weighted by Crippen LogP contribution is 2.54. The largest absolute Gasteiger partial charge is 0.508 e. The summed E-state index contributed by atoms with van der Waals surface area (Å²) in [4.78, 5) is 55.3. The molecule has 2 aromatic carbocycles. The second-order valence-electron chi connectivity index (χ2n) is 11.5. The van der Waals surface area contributed by atoms with Crippen LogP contribution in [0.2, 0.25) is 5.02 Å². The van der Waals surface area contributed by atoms with Gasteiger partial charge >= 0.3 is 6.09 Å². The number of phenols is 1. The van der Waals surface area contributed by atoms with Gasteiger partial charge in [0.2, 0.25) is 5.78 Å². The minimum atomic E-state index is -2.76. The minimum Gasteiger partial charge on any atom is -0.508 e. The molecule has 13 nitrogen and oxygen atoms in total. The van der Waals surface area contributed by atoms with E-state index in [1.54, 1.807) is 19.0 Å². The van der Waals surface area contributed by atoms with E-state index in [9.17, 15) is 39.6 Å². The van der Waals surface area contributed by atoms with Crippen LogP contribution in [0.3, 0.4) is 0 Å². The first-order chi connectivity index (χ1) is 20.6. The number of ether oxygens (including phenoxy) is 1. The summed E-state index contributed by atoms with van der Waals surface area (Å²) in [6, 6.07) is 6.27. The Morgan fingerprint density at radius 3 is 2.30 bits per heavy atom. The fourth-order valence-corrected chi connectivity index (χ4v) is 6.66. The summed E-state index contributed by atoms with van der Waals surface area (Å²) < 4.78 is 5.26. The third-order valence-electron chi connectivity index (χ3n) is 8.44. The molecular weight excluding hydrogens is 596 g/mol. The number of aliphatic hydroxyl groups is 3. The van der Waals surface area contributed by atoms with Crippen LogP contribution >= 0.6 is 11.6 Å². The molecule has 0 bridgehead atoms. The second kappa shape index (κ2) is 10.8. The number of nitrogens with zero attached hydrogens (tertiary/aromatic N) is 2. The number of nitrogens with one attached hydrogen (secondary N) is 1. The number of hydrogen-bond acceptors (Lipinski definition) is 11. The van der Waals surface area contributed by atoms with E-state index in [4.69, 9.17) is 22.1 Å². The molecule has 7 N–H and O–H groups in total. The lowest BCUT2D eigenvalue weighted by Crippen LogP contribution is -2.65. The van der Waals surface area contributed by atoms with E-state index in [-0.39, 0.29) is 35.4 Å². The van der Waals surface area contributed by atoms with Gasteiger partial charge in [0.25, 0.3) is 5.91 Å². The Morgan fingerprint density at radius 1 is 1.09 bits per heavy atom. The maximum absolute atomic E-state index is 14.1. The van der Waals surface area contributed by atoms with Crippen LogP contribution in [0.5, 0.6) is 11.5 Å². The van der Waals surface area contributed by atoms with Gasteiger partial charge in [0, 0.05) is 36.3 Å². The van der Waals surface area contributed by atoms with E-state index < -0.39 is 69.9 Å². The fourth-order valence-electron chi connectivity index (χ4n) is 6.53. The van der Waals surface area contributed by atoms with Crippen LogP contribution in [0.1, 0.15) is 17.5 Å². The molecule has 0 spiro atoms. The molecular formula is C30H31ClN4O9. The number of phenolic OH excluding ortho intramolecular Hbond substituents is 1. The van der Waals surface area contributed by atoms with Gasteiger partial charge in [-0.25, -0.2) is 4.79 Å². The highest BCUT2D eigenvalue weighted by atomic mass is 35.5.